The molecule has 140 valence electrons. The Bertz CT molecular complexity index is 548. The molecule has 0 amide bonds. The molecular weight excluding hydrogens is 340 g/mol. The standard InChI is InChI=1S/C18H29ClN4O2/c1-22(12-14-7-3-5-9-24-14)17-16(19)11-20-18(21-17)23(2)13-15-8-4-6-10-25-15/h11,14-15H,3-10,12-13H2,1-2H3/t14-,15+/m1/s1. The van der Waals surface area contributed by atoms with Crippen molar-refractivity contribution in [2.75, 3.05) is 50.2 Å². The summed E-state index contributed by atoms with van der Waals surface area (Å²) < 4.78 is 11.7. The first-order valence-corrected chi connectivity index (χ1v) is 9.69. The van der Waals surface area contributed by atoms with Crippen molar-refractivity contribution in [2.45, 2.75) is 50.7 Å². The van der Waals surface area contributed by atoms with Crippen molar-refractivity contribution in [3.05, 3.63) is 11.2 Å². The highest BCUT2D eigenvalue weighted by Crippen LogP contribution is 2.26. The van der Waals surface area contributed by atoms with Crippen LogP contribution in [0.4, 0.5) is 11.8 Å². The normalized spacial score (nSPS) is 24.1. The molecule has 2 saturated heterocycles. The van der Waals surface area contributed by atoms with Gasteiger partial charge in [0.25, 0.3) is 0 Å². The van der Waals surface area contributed by atoms with Crippen molar-refractivity contribution in [3.63, 3.8) is 0 Å². The van der Waals surface area contributed by atoms with E-state index in [1.165, 1.54) is 12.8 Å². The number of rotatable bonds is 6. The Hall–Kier alpha value is -1.11. The quantitative estimate of drug-likeness (QED) is 0.768. The van der Waals surface area contributed by atoms with Gasteiger partial charge in [0.05, 0.1) is 18.4 Å². The minimum atomic E-state index is 0.251. The predicted octanol–water partition coefficient (Wildman–Crippen LogP) is 3.14. The molecule has 2 fully saturated rings. The maximum Gasteiger partial charge on any atom is 0.227 e. The van der Waals surface area contributed by atoms with Crippen molar-refractivity contribution in [3.8, 4) is 0 Å². The van der Waals surface area contributed by atoms with Gasteiger partial charge in [-0.05, 0) is 38.5 Å². The van der Waals surface area contributed by atoms with E-state index < -0.39 is 0 Å². The summed E-state index contributed by atoms with van der Waals surface area (Å²) in [5.41, 5.74) is 0. The SMILES string of the molecule is CN(C[C@@H]1CCCCO1)c1ncc(Cl)c(N(C)C[C@H]2CCCCO2)n1. The first kappa shape index (κ1) is 18.7. The van der Waals surface area contributed by atoms with E-state index in [4.69, 9.17) is 26.1 Å². The topological polar surface area (TPSA) is 50.7 Å². The molecule has 0 spiro atoms. The van der Waals surface area contributed by atoms with Crippen LogP contribution >= 0.6 is 11.6 Å². The highest BCUT2D eigenvalue weighted by atomic mass is 35.5. The van der Waals surface area contributed by atoms with Crippen LogP contribution in [0.5, 0.6) is 0 Å². The van der Waals surface area contributed by atoms with Gasteiger partial charge in [0.1, 0.15) is 5.02 Å². The number of anilines is 2. The van der Waals surface area contributed by atoms with Crippen molar-refractivity contribution < 1.29 is 9.47 Å². The smallest absolute Gasteiger partial charge is 0.227 e. The average molecular weight is 369 g/mol. The molecule has 3 rings (SSSR count). The Morgan fingerprint density at radius 3 is 2.16 bits per heavy atom. The molecule has 0 N–H and O–H groups in total. The van der Waals surface area contributed by atoms with E-state index in [1.54, 1.807) is 6.20 Å². The Balaban J connectivity index is 1.64. The van der Waals surface area contributed by atoms with E-state index in [9.17, 15) is 0 Å². The molecule has 3 heterocycles. The minimum absolute atomic E-state index is 0.251. The van der Waals surface area contributed by atoms with E-state index in [1.807, 2.05) is 14.1 Å². The van der Waals surface area contributed by atoms with Crippen molar-refractivity contribution >= 4 is 23.4 Å². The lowest BCUT2D eigenvalue weighted by molar-refractivity contribution is 0.0214. The summed E-state index contributed by atoms with van der Waals surface area (Å²) >= 11 is 6.35. The average Bonchev–Trinajstić information content (AvgIpc) is 2.63. The summed E-state index contributed by atoms with van der Waals surface area (Å²) in [5.74, 6) is 1.45. The van der Waals surface area contributed by atoms with Crippen LogP contribution in [0.2, 0.25) is 5.02 Å². The van der Waals surface area contributed by atoms with Crippen LogP contribution < -0.4 is 9.80 Å². The van der Waals surface area contributed by atoms with Gasteiger partial charge in [0.2, 0.25) is 5.95 Å². The number of aromatic nitrogens is 2. The maximum atomic E-state index is 6.35. The molecule has 0 aromatic carbocycles. The number of nitrogens with zero attached hydrogens (tertiary/aromatic N) is 4. The maximum absolute atomic E-state index is 6.35. The molecule has 0 bridgehead atoms. The van der Waals surface area contributed by atoms with Crippen LogP contribution in [0.25, 0.3) is 0 Å². The highest BCUT2D eigenvalue weighted by molar-refractivity contribution is 6.32. The number of halogens is 1. The Kier molecular flexibility index (Phi) is 6.73. The van der Waals surface area contributed by atoms with Crippen LogP contribution in [-0.2, 0) is 9.47 Å². The summed E-state index contributed by atoms with van der Waals surface area (Å²) in [6, 6.07) is 0. The molecule has 2 aliphatic heterocycles. The van der Waals surface area contributed by atoms with E-state index in [0.717, 1.165) is 57.8 Å². The summed E-state index contributed by atoms with van der Waals surface area (Å²) in [5, 5.41) is 0.573. The van der Waals surface area contributed by atoms with Crippen molar-refractivity contribution in [1.82, 2.24) is 9.97 Å². The fourth-order valence-corrected chi connectivity index (χ4v) is 3.72. The molecule has 1 aromatic rings. The fourth-order valence-electron chi connectivity index (χ4n) is 3.48. The van der Waals surface area contributed by atoms with Gasteiger partial charge in [-0.15, -0.1) is 0 Å². The van der Waals surface area contributed by atoms with Gasteiger partial charge >= 0.3 is 0 Å². The van der Waals surface area contributed by atoms with Gasteiger partial charge in [-0.1, -0.05) is 11.6 Å². The minimum Gasteiger partial charge on any atom is -0.376 e. The van der Waals surface area contributed by atoms with Crippen molar-refractivity contribution in [2.24, 2.45) is 0 Å². The molecule has 25 heavy (non-hydrogen) atoms. The Morgan fingerprint density at radius 2 is 1.60 bits per heavy atom. The third-order valence-electron chi connectivity index (χ3n) is 4.92. The second-order valence-electron chi connectivity index (χ2n) is 7.08. The van der Waals surface area contributed by atoms with Crippen LogP contribution in [0, 0.1) is 0 Å². The van der Waals surface area contributed by atoms with Gasteiger partial charge in [-0.3, -0.25) is 0 Å². The fraction of sp³-hybridized carbons (Fsp3) is 0.778. The summed E-state index contributed by atoms with van der Waals surface area (Å²) in [6.07, 6.45) is 9.18. The third kappa shape index (κ3) is 5.19. The lowest BCUT2D eigenvalue weighted by Crippen LogP contribution is -2.36. The number of ether oxygens (including phenoxy) is 2. The van der Waals surface area contributed by atoms with Gasteiger partial charge in [0, 0.05) is 40.4 Å². The number of likely N-dealkylation sites (N-methyl/N-ethyl adjacent to an activating group) is 2. The second-order valence-corrected chi connectivity index (χ2v) is 7.49. The third-order valence-corrected chi connectivity index (χ3v) is 5.19. The van der Waals surface area contributed by atoms with Gasteiger partial charge in [-0.25, -0.2) is 4.98 Å². The van der Waals surface area contributed by atoms with E-state index >= 15 is 0 Å². The Labute approximate surface area is 155 Å². The molecule has 1 aromatic heterocycles. The molecule has 0 unspecified atom stereocenters. The zero-order valence-electron chi connectivity index (χ0n) is 15.3. The summed E-state index contributed by atoms with van der Waals surface area (Å²) in [6.45, 7) is 3.31. The molecule has 6 nitrogen and oxygen atoms in total. The van der Waals surface area contributed by atoms with Crippen LogP contribution in [0.3, 0.4) is 0 Å². The molecule has 2 aliphatic rings. The molecule has 2 atom stereocenters. The number of hydrogen-bond acceptors (Lipinski definition) is 6. The van der Waals surface area contributed by atoms with Gasteiger partial charge < -0.3 is 19.3 Å². The zero-order valence-corrected chi connectivity index (χ0v) is 16.0. The van der Waals surface area contributed by atoms with Crippen LogP contribution in [-0.4, -0.2) is 62.6 Å². The molecule has 7 heteroatoms. The molecule has 0 saturated carbocycles. The Morgan fingerprint density at radius 1 is 1.00 bits per heavy atom. The lowest BCUT2D eigenvalue weighted by Gasteiger charge is -2.30. The monoisotopic (exact) mass is 368 g/mol. The van der Waals surface area contributed by atoms with Crippen LogP contribution in [0.1, 0.15) is 38.5 Å². The predicted molar refractivity (Wildman–Crippen MR) is 101 cm³/mol. The van der Waals surface area contributed by atoms with Gasteiger partial charge in [0.15, 0.2) is 5.82 Å². The second kappa shape index (κ2) is 9.01. The zero-order chi connectivity index (χ0) is 17.6. The largest absolute Gasteiger partial charge is 0.376 e. The van der Waals surface area contributed by atoms with Crippen molar-refractivity contribution in [1.29, 1.82) is 0 Å². The number of hydrogen-bond donors (Lipinski definition) is 0. The summed E-state index contributed by atoms with van der Waals surface area (Å²) in [7, 11) is 4.02. The molecule has 0 aliphatic carbocycles. The van der Waals surface area contributed by atoms with E-state index in [0.29, 0.717) is 11.0 Å². The lowest BCUT2D eigenvalue weighted by atomic mass is 10.1. The van der Waals surface area contributed by atoms with Gasteiger partial charge in [-0.2, -0.15) is 4.98 Å². The summed E-state index contributed by atoms with van der Waals surface area (Å²) in [4.78, 5) is 13.2. The first-order chi connectivity index (χ1) is 12.1. The highest BCUT2D eigenvalue weighted by Gasteiger charge is 2.21. The first-order valence-electron chi connectivity index (χ1n) is 9.31. The molecular formula is C18H29ClN4O2. The molecule has 0 radical (unpaired) electrons. The van der Waals surface area contributed by atoms with E-state index in [-0.39, 0.29) is 12.2 Å². The van der Waals surface area contributed by atoms with E-state index in [2.05, 4.69) is 14.8 Å². The van der Waals surface area contributed by atoms with Crippen LogP contribution in [0.15, 0.2) is 6.20 Å².